The summed E-state index contributed by atoms with van der Waals surface area (Å²) in [6.07, 6.45) is 4.86. The van der Waals surface area contributed by atoms with Crippen molar-refractivity contribution in [2.45, 2.75) is 31.3 Å². The molecule has 2 fully saturated rings. The second-order valence-corrected chi connectivity index (χ2v) is 13.1. The molecule has 2 aliphatic heterocycles. The third-order valence-electron chi connectivity index (χ3n) is 2.47. The molecule has 2 rings (SSSR count). The monoisotopic (exact) mass is 198 g/mol. The van der Waals surface area contributed by atoms with Crippen LogP contribution >= 0.6 is 0 Å². The van der Waals surface area contributed by atoms with E-state index in [1.807, 2.05) is 0 Å². The zero-order valence-corrected chi connectivity index (χ0v) is 7.99. The Labute approximate surface area is 52.8 Å². The van der Waals surface area contributed by atoms with Gasteiger partial charge in [-0.15, -0.1) is 0 Å². The second-order valence-electron chi connectivity index (χ2n) is 3.04. The molecule has 2 aliphatic rings. The molecule has 1 unspecified atom stereocenters. The first-order valence-electron chi connectivity index (χ1n) is 3.47. The first-order chi connectivity index (χ1) is 3.47. The van der Waals surface area contributed by atoms with Crippen molar-refractivity contribution in [2.75, 3.05) is 0 Å². The van der Waals surface area contributed by atoms with Crippen molar-refractivity contribution in [1.82, 2.24) is 0 Å². The first-order valence-corrected chi connectivity index (χ1v) is 10.0. The van der Waals surface area contributed by atoms with E-state index in [-0.39, 0.29) is 0 Å². The summed E-state index contributed by atoms with van der Waals surface area (Å²) in [7, 11) is 0. The first kappa shape index (κ1) is 4.72. The molecule has 7 heavy (non-hydrogen) atoms. The van der Waals surface area contributed by atoms with Crippen molar-refractivity contribution >= 4 is 21.4 Å². The molecule has 1 heteroatoms. The zero-order chi connectivity index (χ0) is 4.69. The van der Waals surface area contributed by atoms with Gasteiger partial charge < -0.3 is 0 Å². The Bertz CT molecular complexity index is 70.2. The predicted molar refractivity (Wildman–Crippen MR) is 33.0 cm³/mol. The van der Waals surface area contributed by atoms with Gasteiger partial charge in [-0.05, 0) is 0 Å². The minimum absolute atomic E-state index is 0.507. The van der Waals surface area contributed by atoms with Gasteiger partial charge in [-0.1, -0.05) is 0 Å². The third kappa shape index (κ3) is 0.847. The number of hydrogen-bond donors (Lipinski definition) is 0. The van der Waals surface area contributed by atoms with Crippen LogP contribution in [0.25, 0.3) is 0 Å². The number of hydrogen-bond acceptors (Lipinski definition) is 0. The van der Waals surface area contributed by atoms with E-state index in [2.05, 4.69) is 0 Å². The molecule has 0 bridgehead atoms. The van der Waals surface area contributed by atoms with Gasteiger partial charge in [0.25, 0.3) is 0 Å². The minimum atomic E-state index is -0.507. The fourth-order valence-electron chi connectivity index (χ4n) is 1.83. The van der Waals surface area contributed by atoms with Crippen molar-refractivity contribution in [3.8, 4) is 0 Å². The summed E-state index contributed by atoms with van der Waals surface area (Å²) in [4.78, 5) is 0. The molecule has 0 saturated carbocycles. The number of fused-ring (bicyclic) bond motifs is 1. The van der Waals surface area contributed by atoms with E-state index in [9.17, 15) is 0 Å². The Morgan fingerprint density at radius 3 is 2.86 bits per heavy atom. The van der Waals surface area contributed by atoms with Crippen molar-refractivity contribution in [1.29, 1.82) is 0 Å². The molecule has 38 valence electrons. The van der Waals surface area contributed by atoms with E-state index < -0.39 is 21.4 Å². The van der Waals surface area contributed by atoms with Gasteiger partial charge in [0.1, 0.15) is 0 Å². The van der Waals surface area contributed by atoms with Crippen LogP contribution in [0.15, 0.2) is 0 Å². The number of rotatable bonds is 0. The van der Waals surface area contributed by atoms with E-state index in [0.29, 0.717) is 0 Å². The molecule has 2 heterocycles. The maximum absolute atomic E-state index is 1.79. The van der Waals surface area contributed by atoms with Gasteiger partial charge in [-0.3, -0.25) is 0 Å². The third-order valence-corrected chi connectivity index (χ3v) is 12.8. The van der Waals surface area contributed by atoms with Gasteiger partial charge in [-0.25, -0.2) is 0 Å². The fourth-order valence-corrected chi connectivity index (χ4v) is 14.3. The van der Waals surface area contributed by atoms with Crippen LogP contribution in [0.5, 0.6) is 0 Å². The Morgan fingerprint density at radius 2 is 2.29 bits per heavy atom. The Balaban J connectivity index is 1.95. The molecule has 0 nitrogen and oxygen atoms in total. The van der Waals surface area contributed by atoms with Crippen molar-refractivity contribution in [3.63, 3.8) is 0 Å². The molecule has 0 aromatic rings. The Morgan fingerprint density at radius 1 is 1.29 bits per heavy atom. The molecule has 0 radical (unpaired) electrons. The molecule has 0 aliphatic carbocycles. The van der Waals surface area contributed by atoms with E-state index >= 15 is 0 Å². The summed E-state index contributed by atoms with van der Waals surface area (Å²) in [5.74, 6) is 0. The van der Waals surface area contributed by atoms with Crippen LogP contribution in [0.2, 0.25) is 12.0 Å². The molecule has 0 aromatic carbocycles. The van der Waals surface area contributed by atoms with Crippen LogP contribution in [-0.4, -0.2) is 21.4 Å². The molecule has 0 aromatic heterocycles. The molecule has 0 amide bonds. The standard InChI is InChI=1S/C6H11.In/c1-3-5-6-4-2;/h3H,1-2,4-6H2;. The van der Waals surface area contributed by atoms with Crippen LogP contribution in [0.1, 0.15) is 19.3 Å². The predicted octanol–water partition coefficient (Wildman–Crippen LogP) is 2.05. The molecule has 0 N–H and O–H groups in total. The summed E-state index contributed by atoms with van der Waals surface area (Å²) in [5.41, 5.74) is 0. The zero-order valence-electron chi connectivity index (χ0n) is 4.69. The second kappa shape index (κ2) is 1.68. The summed E-state index contributed by atoms with van der Waals surface area (Å²) in [6.45, 7) is 0. The summed E-state index contributed by atoms with van der Waals surface area (Å²) in [5, 5.41) is 0. The summed E-state index contributed by atoms with van der Waals surface area (Å²) >= 11 is -0.507. The average Bonchev–Trinajstić information content (AvgIpc) is 2.41. The van der Waals surface area contributed by atoms with Crippen LogP contribution < -0.4 is 0 Å². The van der Waals surface area contributed by atoms with Crippen molar-refractivity contribution in [2.24, 2.45) is 0 Å². The van der Waals surface area contributed by atoms with Crippen molar-refractivity contribution in [3.05, 3.63) is 0 Å². The topological polar surface area (TPSA) is 0 Å². The normalized spacial score (nSPS) is 37.7. The van der Waals surface area contributed by atoms with Gasteiger partial charge >= 0.3 is 52.7 Å². The fraction of sp³-hybridized carbons (Fsp3) is 1.00. The van der Waals surface area contributed by atoms with Crippen LogP contribution in [0.4, 0.5) is 0 Å². The summed E-state index contributed by atoms with van der Waals surface area (Å²) in [6, 6.07) is 0. The van der Waals surface area contributed by atoms with Crippen molar-refractivity contribution < 1.29 is 0 Å². The van der Waals surface area contributed by atoms with Crippen LogP contribution in [0.3, 0.4) is 0 Å². The average molecular weight is 198 g/mol. The van der Waals surface area contributed by atoms with Gasteiger partial charge in [-0.2, -0.15) is 0 Å². The molecule has 0 spiro atoms. The Hall–Kier alpha value is 0.870. The summed E-state index contributed by atoms with van der Waals surface area (Å²) < 4.78 is 4.98. The van der Waals surface area contributed by atoms with Gasteiger partial charge in [0.05, 0.1) is 0 Å². The molecule has 1 atom stereocenters. The van der Waals surface area contributed by atoms with Crippen LogP contribution in [0, 0.1) is 0 Å². The maximum atomic E-state index is 1.79. The molecular formula is C6H11In. The van der Waals surface area contributed by atoms with E-state index in [1.165, 1.54) is 3.67 Å². The Kier molecular flexibility index (Phi) is 1.13. The molecular weight excluding hydrogens is 187 g/mol. The quantitative estimate of drug-likeness (QED) is 0.558. The van der Waals surface area contributed by atoms with Gasteiger partial charge in [0, 0.05) is 0 Å². The van der Waals surface area contributed by atoms with Gasteiger partial charge in [0.15, 0.2) is 0 Å². The van der Waals surface area contributed by atoms with E-state index in [1.54, 1.807) is 27.6 Å². The molecule has 2 saturated heterocycles. The van der Waals surface area contributed by atoms with Crippen LogP contribution in [-0.2, 0) is 0 Å². The van der Waals surface area contributed by atoms with E-state index in [4.69, 9.17) is 0 Å². The van der Waals surface area contributed by atoms with E-state index in [0.717, 1.165) is 0 Å². The van der Waals surface area contributed by atoms with Gasteiger partial charge in [0.2, 0.25) is 0 Å². The SMILES string of the molecule is C1C[CH2][In]2[CH2][CH]2C1.